The molecule has 0 aromatic heterocycles. The maximum Gasteiger partial charge on any atom is 0.338 e. The van der Waals surface area contributed by atoms with E-state index >= 15 is 0 Å². The SMILES string of the molecule is CC1COC2(CC1OC(=O)c1ccc(O)cc1)OC1C3SCC(OC4OC(CO)C(O)C(O)C4OC4OC(CO)C(O)C(OC5OC(C)C(O)C(O)C5O)C4O)C3CC(O)C1(O)C2=O. The Hall–Kier alpha value is -2.25. The fraction of sp³-hybridized carbons (Fsp3) is 0.800. The van der Waals surface area contributed by atoms with Crippen molar-refractivity contribution in [1.29, 1.82) is 0 Å². The summed E-state index contributed by atoms with van der Waals surface area (Å²) >= 11 is 1.23. The number of carbonyl (C=O) groups is 2. The number of hydrogen-bond donors (Lipinski definition) is 12. The van der Waals surface area contributed by atoms with Gasteiger partial charge in [-0.05, 0) is 37.6 Å². The molecule has 12 N–H and O–H groups in total. The first-order valence-electron chi connectivity index (χ1n) is 21.1. The zero-order valence-electron chi connectivity index (χ0n) is 34.5. The Kier molecular flexibility index (Phi) is 14.1. The van der Waals surface area contributed by atoms with Crippen molar-refractivity contribution in [3.8, 4) is 5.75 Å². The molecule has 7 aliphatic rings. The molecular formula is C40H56O23S. The Morgan fingerprint density at radius 1 is 0.766 bits per heavy atom. The molecule has 6 saturated heterocycles. The predicted molar refractivity (Wildman–Crippen MR) is 207 cm³/mol. The number of rotatable bonds is 10. The van der Waals surface area contributed by atoms with Crippen molar-refractivity contribution in [2.24, 2.45) is 11.8 Å². The van der Waals surface area contributed by atoms with Crippen molar-refractivity contribution in [3.63, 3.8) is 0 Å². The topological polar surface area (TPSA) is 360 Å². The number of aliphatic hydroxyl groups is 11. The van der Waals surface area contributed by atoms with E-state index in [0.29, 0.717) is 0 Å². The highest BCUT2D eigenvalue weighted by molar-refractivity contribution is 8.00. The van der Waals surface area contributed by atoms with Gasteiger partial charge in [0.05, 0.1) is 43.7 Å². The maximum absolute atomic E-state index is 14.2. The Labute approximate surface area is 369 Å². The van der Waals surface area contributed by atoms with Crippen LogP contribution in [0.25, 0.3) is 0 Å². The van der Waals surface area contributed by atoms with Gasteiger partial charge in [0.15, 0.2) is 24.5 Å². The fourth-order valence-electron chi connectivity index (χ4n) is 9.63. The first-order chi connectivity index (χ1) is 30.3. The second kappa shape index (κ2) is 18.7. The summed E-state index contributed by atoms with van der Waals surface area (Å²) in [5.41, 5.74) is -2.32. The molecule has 23 nitrogen and oxygen atoms in total. The first-order valence-corrected chi connectivity index (χ1v) is 22.2. The van der Waals surface area contributed by atoms with Gasteiger partial charge < -0.3 is 104 Å². The highest BCUT2D eigenvalue weighted by Crippen LogP contribution is 2.56. The number of fused-ring (bicyclic) bond motifs is 3. The molecule has 1 aromatic carbocycles. The number of thioether (sulfide) groups is 1. The number of esters is 1. The molecule has 0 radical (unpaired) electrons. The zero-order chi connectivity index (χ0) is 46.2. The van der Waals surface area contributed by atoms with Crippen LogP contribution in [0, 0.1) is 11.8 Å². The van der Waals surface area contributed by atoms with Crippen LogP contribution in [-0.4, -0.2) is 232 Å². The molecular weight excluding hydrogens is 880 g/mol. The Morgan fingerprint density at radius 2 is 1.41 bits per heavy atom. The van der Waals surface area contributed by atoms with Crippen LogP contribution in [0.15, 0.2) is 24.3 Å². The van der Waals surface area contributed by atoms with E-state index in [1.807, 2.05) is 0 Å². The van der Waals surface area contributed by atoms with Gasteiger partial charge in [0, 0.05) is 29.3 Å². The Balaban J connectivity index is 0.987. The van der Waals surface area contributed by atoms with Crippen molar-refractivity contribution in [1.82, 2.24) is 0 Å². The van der Waals surface area contributed by atoms with Gasteiger partial charge in [-0.15, -0.1) is 0 Å². The highest BCUT2D eigenvalue weighted by Gasteiger charge is 2.74. The summed E-state index contributed by atoms with van der Waals surface area (Å²) in [5.74, 6) is -4.83. The number of phenols is 1. The zero-order valence-corrected chi connectivity index (χ0v) is 35.3. The minimum Gasteiger partial charge on any atom is -0.508 e. The van der Waals surface area contributed by atoms with E-state index in [4.69, 9.17) is 42.6 Å². The monoisotopic (exact) mass is 936 g/mol. The second-order valence-electron chi connectivity index (χ2n) is 17.6. The molecule has 0 amide bonds. The summed E-state index contributed by atoms with van der Waals surface area (Å²) in [7, 11) is 0. The predicted octanol–water partition coefficient (Wildman–Crippen LogP) is -5.27. The molecule has 24 heteroatoms. The van der Waals surface area contributed by atoms with Crippen LogP contribution in [0.3, 0.4) is 0 Å². The first kappa shape index (κ1) is 48.2. The molecule has 0 bridgehead atoms. The van der Waals surface area contributed by atoms with Gasteiger partial charge in [-0.1, -0.05) is 6.92 Å². The van der Waals surface area contributed by atoms with E-state index in [9.17, 15) is 70.9 Å². The smallest absolute Gasteiger partial charge is 0.338 e. The third-order valence-electron chi connectivity index (χ3n) is 13.5. The number of Topliss-reactive ketones (excluding diaryl/α,β-unsaturated/α-hetero) is 1. The van der Waals surface area contributed by atoms with Gasteiger partial charge in [0.25, 0.3) is 0 Å². The van der Waals surface area contributed by atoms with Gasteiger partial charge in [0.2, 0.25) is 11.6 Å². The summed E-state index contributed by atoms with van der Waals surface area (Å²) in [5, 5.41) is 128. The van der Waals surface area contributed by atoms with Crippen LogP contribution >= 0.6 is 11.8 Å². The molecule has 7 fully saturated rings. The number of aromatic hydroxyl groups is 1. The summed E-state index contributed by atoms with van der Waals surface area (Å²) in [6.45, 7) is 1.34. The summed E-state index contributed by atoms with van der Waals surface area (Å²) in [6.07, 6.45) is -30.8. The van der Waals surface area contributed by atoms with E-state index in [1.165, 1.54) is 43.0 Å². The Bertz CT molecular complexity index is 1810. The molecule has 1 spiro atoms. The quantitative estimate of drug-likeness (QED) is 0.0975. The lowest BCUT2D eigenvalue weighted by Gasteiger charge is -2.48. The number of carbonyl (C=O) groups excluding carboxylic acids is 2. The van der Waals surface area contributed by atoms with Crippen LogP contribution in [0.5, 0.6) is 5.75 Å². The molecule has 24 unspecified atom stereocenters. The summed E-state index contributed by atoms with van der Waals surface area (Å²) in [6, 6.07) is 5.37. The van der Waals surface area contributed by atoms with Crippen LogP contribution in [0.2, 0.25) is 0 Å². The molecule has 64 heavy (non-hydrogen) atoms. The van der Waals surface area contributed by atoms with Crippen LogP contribution in [0.1, 0.15) is 37.0 Å². The van der Waals surface area contributed by atoms with Crippen molar-refractivity contribution < 1.29 is 113 Å². The standard InChI is InChI=1S/C40H56O23S/c1-13-11-55-39(8-18(13)57-34(52)15-3-5-16(43)6-4-15)38(53)40(54)22(44)7-17-21(12-64-32(17)33(40)63-39)60-37-31(27(49)24(46)19(9-41)59-37)62-36-29(51)30(25(47)20(10-42)58-36)61-35-28(50)26(48)23(45)14(2)56-35/h3-6,13-14,17-33,35-37,41-51,54H,7-12H2,1-2H3. The third kappa shape index (κ3) is 8.39. The molecule has 360 valence electrons. The van der Waals surface area contributed by atoms with E-state index in [2.05, 4.69) is 0 Å². The highest BCUT2D eigenvalue weighted by atomic mass is 32.2. The number of phenolic OH excluding ortho intramolecular Hbond substituents is 1. The van der Waals surface area contributed by atoms with E-state index < -0.39 is 170 Å². The minimum absolute atomic E-state index is 0.0583. The Morgan fingerprint density at radius 3 is 2.09 bits per heavy atom. The molecule has 24 atom stereocenters. The lowest BCUT2D eigenvalue weighted by atomic mass is 9.70. The summed E-state index contributed by atoms with van der Waals surface area (Å²) < 4.78 is 53.2. The van der Waals surface area contributed by atoms with Crippen molar-refractivity contribution >= 4 is 23.5 Å². The summed E-state index contributed by atoms with van der Waals surface area (Å²) in [4.78, 5) is 27.3. The van der Waals surface area contributed by atoms with Crippen LogP contribution in [-0.2, 0) is 47.4 Å². The molecule has 6 aliphatic heterocycles. The number of benzene rings is 1. The maximum atomic E-state index is 14.2. The van der Waals surface area contributed by atoms with Gasteiger partial charge in [-0.25, -0.2) is 4.79 Å². The molecule has 1 saturated carbocycles. The second-order valence-corrected chi connectivity index (χ2v) is 18.8. The van der Waals surface area contributed by atoms with Crippen molar-refractivity contribution in [2.45, 2.75) is 160 Å². The molecule has 1 aliphatic carbocycles. The minimum atomic E-state index is -2.46. The van der Waals surface area contributed by atoms with Crippen LogP contribution in [0.4, 0.5) is 0 Å². The largest absolute Gasteiger partial charge is 0.508 e. The third-order valence-corrected chi connectivity index (χ3v) is 15.0. The fourth-order valence-corrected chi connectivity index (χ4v) is 11.3. The molecule has 8 rings (SSSR count). The average Bonchev–Trinajstić information content (AvgIpc) is 3.76. The van der Waals surface area contributed by atoms with Crippen molar-refractivity contribution in [2.75, 3.05) is 25.6 Å². The van der Waals surface area contributed by atoms with Gasteiger partial charge in [-0.2, -0.15) is 11.8 Å². The molecule has 1 aromatic rings. The number of hydrogen-bond acceptors (Lipinski definition) is 24. The van der Waals surface area contributed by atoms with E-state index in [1.54, 1.807) is 6.92 Å². The van der Waals surface area contributed by atoms with Crippen molar-refractivity contribution in [3.05, 3.63) is 29.8 Å². The normalized spacial score (nSPS) is 50.5. The van der Waals surface area contributed by atoms with Crippen LogP contribution < -0.4 is 0 Å². The number of ketones is 1. The van der Waals surface area contributed by atoms with Gasteiger partial charge >= 0.3 is 5.97 Å². The van der Waals surface area contributed by atoms with Gasteiger partial charge in [-0.3, -0.25) is 4.79 Å². The van der Waals surface area contributed by atoms with Gasteiger partial charge in [0.1, 0.15) is 85.1 Å². The average molecular weight is 937 g/mol. The lowest BCUT2D eigenvalue weighted by Crippen LogP contribution is -2.67. The number of ether oxygens (including phenoxy) is 9. The lowest BCUT2D eigenvalue weighted by molar-refractivity contribution is -0.387. The molecule has 6 heterocycles. The number of aliphatic hydroxyl groups excluding tert-OH is 10. The van der Waals surface area contributed by atoms with E-state index in [0.717, 1.165) is 0 Å². The van der Waals surface area contributed by atoms with E-state index in [-0.39, 0.29) is 36.5 Å².